The predicted molar refractivity (Wildman–Crippen MR) is 102 cm³/mol. The lowest BCUT2D eigenvalue weighted by molar-refractivity contribution is 0.0608. The van der Waals surface area contributed by atoms with Gasteiger partial charge in [0, 0.05) is 35.0 Å². The number of carbonyl (C=O) groups excluding carboxylic acids is 2. The summed E-state index contributed by atoms with van der Waals surface area (Å²) in [5.41, 5.74) is 1.66. The number of carbonyl (C=O) groups is 2. The normalized spacial score (nSPS) is 13.4. The van der Waals surface area contributed by atoms with Crippen LogP contribution in [-0.4, -0.2) is 29.8 Å². The standard InChI is InChI=1S/C20H23N3O3/c1-3-5-12-22-19(24)15-9-7-8-14-17(23(21-26)13-6-4-2)11-10-16(18(14)15)20(22)25/h7-11H,3-6,12-13H2,1-2H3. The third-order valence-electron chi connectivity index (χ3n) is 4.80. The number of hydrogen-bond acceptors (Lipinski definition) is 4. The molecule has 1 aliphatic heterocycles. The lowest BCUT2D eigenvalue weighted by Crippen LogP contribution is -2.40. The summed E-state index contributed by atoms with van der Waals surface area (Å²) in [6, 6.07) is 8.83. The molecule has 0 radical (unpaired) electrons. The molecule has 0 bridgehead atoms. The highest BCUT2D eigenvalue weighted by atomic mass is 16.3. The lowest BCUT2D eigenvalue weighted by atomic mass is 9.92. The fraction of sp³-hybridized carbons (Fsp3) is 0.400. The van der Waals surface area contributed by atoms with E-state index < -0.39 is 0 Å². The Bertz CT molecular complexity index is 840. The second-order valence-electron chi connectivity index (χ2n) is 6.53. The van der Waals surface area contributed by atoms with Crippen LogP contribution in [0.5, 0.6) is 0 Å². The number of amides is 2. The van der Waals surface area contributed by atoms with Crippen LogP contribution in [0.1, 0.15) is 60.2 Å². The lowest BCUT2D eigenvalue weighted by Gasteiger charge is -2.28. The van der Waals surface area contributed by atoms with E-state index in [0.717, 1.165) is 25.7 Å². The van der Waals surface area contributed by atoms with Crippen molar-refractivity contribution >= 4 is 28.3 Å². The van der Waals surface area contributed by atoms with Crippen LogP contribution < -0.4 is 5.01 Å². The van der Waals surface area contributed by atoms with Gasteiger partial charge in [0.05, 0.1) is 11.0 Å². The highest BCUT2D eigenvalue weighted by Gasteiger charge is 2.33. The summed E-state index contributed by atoms with van der Waals surface area (Å²) < 4.78 is 0. The summed E-state index contributed by atoms with van der Waals surface area (Å²) in [5.74, 6) is -0.532. The van der Waals surface area contributed by atoms with E-state index in [1.807, 2.05) is 19.9 Å². The van der Waals surface area contributed by atoms with Crippen molar-refractivity contribution in [2.24, 2.45) is 5.29 Å². The molecule has 2 aromatic rings. The topological polar surface area (TPSA) is 70.1 Å². The summed E-state index contributed by atoms with van der Waals surface area (Å²) in [7, 11) is 0. The quantitative estimate of drug-likeness (QED) is 0.397. The number of hydrogen-bond donors (Lipinski definition) is 0. The Morgan fingerprint density at radius 3 is 2.31 bits per heavy atom. The second kappa shape index (κ2) is 7.64. The molecule has 0 fully saturated rings. The van der Waals surface area contributed by atoms with E-state index in [1.165, 1.54) is 9.91 Å². The van der Waals surface area contributed by atoms with E-state index in [-0.39, 0.29) is 11.8 Å². The van der Waals surface area contributed by atoms with E-state index in [9.17, 15) is 14.5 Å². The number of nitrogens with zero attached hydrogens (tertiary/aromatic N) is 3. The summed E-state index contributed by atoms with van der Waals surface area (Å²) in [6.45, 7) is 4.99. The van der Waals surface area contributed by atoms with Crippen molar-refractivity contribution in [2.75, 3.05) is 18.1 Å². The fourth-order valence-electron chi connectivity index (χ4n) is 3.39. The Balaban J connectivity index is 2.14. The molecule has 0 spiro atoms. The van der Waals surface area contributed by atoms with Crippen molar-refractivity contribution in [3.63, 3.8) is 0 Å². The number of anilines is 1. The molecule has 0 N–H and O–H groups in total. The van der Waals surface area contributed by atoms with E-state index in [4.69, 9.17) is 0 Å². The van der Waals surface area contributed by atoms with Crippen LogP contribution in [0, 0.1) is 4.91 Å². The first kappa shape index (κ1) is 18.0. The third-order valence-corrected chi connectivity index (χ3v) is 4.80. The SMILES string of the molecule is CCCCN1C(=O)c2cccc3c(N(CCCC)N=O)ccc(c23)C1=O. The first-order chi connectivity index (χ1) is 12.6. The van der Waals surface area contributed by atoms with Gasteiger partial charge >= 0.3 is 0 Å². The molecule has 6 heteroatoms. The second-order valence-corrected chi connectivity index (χ2v) is 6.53. The van der Waals surface area contributed by atoms with Gasteiger partial charge in [0.15, 0.2) is 0 Å². The zero-order valence-corrected chi connectivity index (χ0v) is 15.2. The maximum atomic E-state index is 12.8. The molecule has 0 aliphatic carbocycles. The molecule has 0 atom stereocenters. The van der Waals surface area contributed by atoms with Crippen molar-refractivity contribution in [3.8, 4) is 0 Å². The Morgan fingerprint density at radius 2 is 1.65 bits per heavy atom. The molecule has 1 heterocycles. The average Bonchev–Trinajstić information content (AvgIpc) is 2.67. The third kappa shape index (κ3) is 2.96. The molecular weight excluding hydrogens is 330 g/mol. The summed E-state index contributed by atoms with van der Waals surface area (Å²) >= 11 is 0. The van der Waals surface area contributed by atoms with Gasteiger partial charge in [0.2, 0.25) is 0 Å². The number of nitroso groups, excluding NO2 is 1. The largest absolute Gasteiger partial charge is 0.274 e. The Morgan fingerprint density at radius 1 is 0.962 bits per heavy atom. The van der Waals surface area contributed by atoms with Gasteiger partial charge in [-0.3, -0.25) is 14.5 Å². The average molecular weight is 353 g/mol. The Hall–Kier alpha value is -2.76. The predicted octanol–water partition coefficient (Wildman–Crippen LogP) is 4.52. The minimum atomic E-state index is -0.266. The molecule has 2 aromatic carbocycles. The van der Waals surface area contributed by atoms with Crippen LogP contribution in [0.3, 0.4) is 0 Å². The van der Waals surface area contributed by atoms with Crippen LogP contribution >= 0.6 is 0 Å². The Labute approximate surface area is 152 Å². The fourth-order valence-corrected chi connectivity index (χ4v) is 3.39. The van der Waals surface area contributed by atoms with Crippen molar-refractivity contribution in [1.29, 1.82) is 0 Å². The van der Waals surface area contributed by atoms with Gasteiger partial charge < -0.3 is 0 Å². The molecule has 0 saturated carbocycles. The maximum absolute atomic E-state index is 12.8. The smallest absolute Gasteiger partial charge is 0.261 e. The summed E-state index contributed by atoms with van der Waals surface area (Å²) in [6.07, 6.45) is 3.46. The Kier molecular flexibility index (Phi) is 5.30. The highest BCUT2D eigenvalue weighted by molar-refractivity contribution is 6.26. The summed E-state index contributed by atoms with van der Waals surface area (Å²) in [4.78, 5) is 38.4. The molecular formula is C20H23N3O3. The van der Waals surface area contributed by atoms with Crippen LogP contribution in [0.15, 0.2) is 35.6 Å². The zero-order chi connectivity index (χ0) is 18.7. The minimum absolute atomic E-state index is 0.266. The van der Waals surface area contributed by atoms with Crippen molar-refractivity contribution in [3.05, 3.63) is 46.4 Å². The van der Waals surface area contributed by atoms with Crippen LogP contribution in [-0.2, 0) is 0 Å². The number of benzene rings is 2. The van der Waals surface area contributed by atoms with E-state index in [2.05, 4.69) is 5.29 Å². The van der Waals surface area contributed by atoms with Crippen molar-refractivity contribution in [2.45, 2.75) is 39.5 Å². The first-order valence-electron chi connectivity index (χ1n) is 9.16. The monoisotopic (exact) mass is 353 g/mol. The molecule has 1 aliphatic rings. The maximum Gasteiger partial charge on any atom is 0.261 e. The van der Waals surface area contributed by atoms with Gasteiger partial charge in [0.1, 0.15) is 0 Å². The van der Waals surface area contributed by atoms with Gasteiger partial charge in [0.25, 0.3) is 11.8 Å². The van der Waals surface area contributed by atoms with Gasteiger partial charge in [-0.05, 0) is 31.0 Å². The van der Waals surface area contributed by atoms with Gasteiger partial charge in [-0.1, -0.05) is 38.8 Å². The highest BCUT2D eigenvalue weighted by Crippen LogP contribution is 2.36. The van der Waals surface area contributed by atoms with Gasteiger partial charge in [-0.15, -0.1) is 4.91 Å². The summed E-state index contributed by atoms with van der Waals surface area (Å²) in [5, 5.41) is 5.89. The molecule has 136 valence electrons. The van der Waals surface area contributed by atoms with Gasteiger partial charge in [-0.25, -0.2) is 5.01 Å². The van der Waals surface area contributed by atoms with Gasteiger partial charge in [-0.2, -0.15) is 0 Å². The molecule has 0 aromatic heterocycles. The number of rotatable bonds is 8. The van der Waals surface area contributed by atoms with Crippen LogP contribution in [0.25, 0.3) is 10.8 Å². The molecule has 3 rings (SSSR count). The molecule has 6 nitrogen and oxygen atoms in total. The number of imide groups is 1. The van der Waals surface area contributed by atoms with Crippen molar-refractivity contribution in [1.82, 2.24) is 4.90 Å². The van der Waals surface area contributed by atoms with Crippen LogP contribution in [0.2, 0.25) is 0 Å². The molecule has 2 amide bonds. The molecule has 0 unspecified atom stereocenters. The zero-order valence-electron chi connectivity index (χ0n) is 15.2. The van der Waals surface area contributed by atoms with Crippen molar-refractivity contribution < 1.29 is 9.59 Å². The van der Waals surface area contributed by atoms with E-state index in [0.29, 0.717) is 40.7 Å². The molecule has 0 saturated heterocycles. The van der Waals surface area contributed by atoms with E-state index >= 15 is 0 Å². The van der Waals surface area contributed by atoms with E-state index in [1.54, 1.807) is 24.3 Å². The number of unbranched alkanes of at least 4 members (excludes halogenated alkanes) is 2. The van der Waals surface area contributed by atoms with Crippen LogP contribution in [0.4, 0.5) is 5.69 Å². The minimum Gasteiger partial charge on any atom is -0.274 e. The molecule has 26 heavy (non-hydrogen) atoms. The first-order valence-corrected chi connectivity index (χ1v) is 9.16.